The number of aliphatic hydroxyl groups excluding tert-OH is 6. The van der Waals surface area contributed by atoms with Gasteiger partial charge in [-0.2, -0.15) is 0 Å². The van der Waals surface area contributed by atoms with E-state index in [9.17, 15) is 78.9 Å². The van der Waals surface area contributed by atoms with Gasteiger partial charge in [-0.1, -0.05) is 69.2 Å². The van der Waals surface area contributed by atoms with Crippen molar-refractivity contribution in [1.82, 2.24) is 20.9 Å². The van der Waals surface area contributed by atoms with E-state index in [0.717, 1.165) is 0 Å². The first kappa shape index (κ1) is 67.9. The summed E-state index contributed by atoms with van der Waals surface area (Å²) in [6.45, 7) is 16.1. The van der Waals surface area contributed by atoms with Gasteiger partial charge in [0.15, 0.2) is 41.8 Å². The Hall–Kier alpha value is -4.41. The number of Topliss-reactive ketones (excluding diaryl/α,β-unsaturated/α-hetero) is 4. The van der Waals surface area contributed by atoms with Crippen molar-refractivity contribution in [2.75, 3.05) is 32.8 Å². The summed E-state index contributed by atoms with van der Waals surface area (Å²) in [6.07, 6.45) is -14.7. The molecule has 3 aliphatic heterocycles. The van der Waals surface area contributed by atoms with Gasteiger partial charge in [-0.05, 0) is 43.4 Å². The Morgan fingerprint density at radius 1 is 0.654 bits per heavy atom. The summed E-state index contributed by atoms with van der Waals surface area (Å²) < 4.78 is 23.3. The second kappa shape index (κ2) is 31.0. The lowest BCUT2D eigenvalue weighted by Crippen LogP contribution is -2.71. The van der Waals surface area contributed by atoms with Crippen molar-refractivity contribution in [3.8, 4) is 0 Å². The first-order valence-corrected chi connectivity index (χ1v) is 27.2. The molecule has 25 heteroatoms. The molecule has 3 aliphatic rings. The molecule has 446 valence electrons. The van der Waals surface area contributed by atoms with Gasteiger partial charge in [0.2, 0.25) is 23.6 Å². The molecule has 0 bridgehead atoms. The van der Waals surface area contributed by atoms with E-state index in [1.165, 1.54) is 11.8 Å². The van der Waals surface area contributed by atoms with Crippen LogP contribution in [0.1, 0.15) is 115 Å². The normalized spacial score (nSPS) is 28.3. The number of quaternary nitrogens is 1. The smallest absolute Gasteiger partial charge is 0.227 e. The molecular weight excluding hydrogens is 1030 g/mol. The summed E-state index contributed by atoms with van der Waals surface area (Å²) in [5, 5.41) is 80.3. The van der Waals surface area contributed by atoms with Crippen molar-refractivity contribution in [3.63, 3.8) is 0 Å². The van der Waals surface area contributed by atoms with Crippen LogP contribution in [0.5, 0.6) is 0 Å². The molecule has 3 rings (SSSR count). The number of carbonyl (C=O) groups is 9. The Bertz CT molecular complexity index is 2060. The minimum Gasteiger partial charge on any atom is -0.548 e. The van der Waals surface area contributed by atoms with Crippen LogP contribution in [0, 0.1) is 53.3 Å². The molecule has 9 unspecified atom stereocenters. The van der Waals surface area contributed by atoms with E-state index in [-0.39, 0.29) is 55.8 Å². The fraction of sp³-hybridized carbons (Fsp3) is 0.830. The van der Waals surface area contributed by atoms with Crippen molar-refractivity contribution in [1.29, 1.82) is 0 Å². The third kappa shape index (κ3) is 18.3. The number of hydrogen-bond acceptors (Lipinski definition) is 20. The summed E-state index contributed by atoms with van der Waals surface area (Å²) in [6, 6.07) is -2.98. The molecule has 0 aromatic carbocycles. The SMILES string of the molecule is CC(CC(=O)[C@@H]1CCCN1C(=O)C(CC(=O)[C@@H]([NH3+])C(C)O[C@H]1OC(CO)[C@H](O)[C@H](O[C@@H]2OC(CO)[C@H](O)[C@H](O)C2O)C1C)C(C)C)C(=O)NCC(=O)CC(C(=O)N[C@H](C(=O)CC(C(=O)NCC(=O)[O-])C(C)C)C(C)C)C(C)C. The molecule has 3 fully saturated rings. The van der Waals surface area contributed by atoms with Gasteiger partial charge < -0.3 is 86.1 Å². The fourth-order valence-electron chi connectivity index (χ4n) is 10.0. The molecule has 12 N–H and O–H groups in total. The highest BCUT2D eigenvalue weighted by Crippen LogP contribution is 2.34. The summed E-state index contributed by atoms with van der Waals surface area (Å²) in [4.78, 5) is 121. The lowest BCUT2D eigenvalue weighted by Gasteiger charge is -2.47. The van der Waals surface area contributed by atoms with Gasteiger partial charge in [0.05, 0.1) is 50.5 Å². The summed E-state index contributed by atoms with van der Waals surface area (Å²) >= 11 is 0. The summed E-state index contributed by atoms with van der Waals surface area (Å²) in [7, 11) is 0. The van der Waals surface area contributed by atoms with E-state index >= 15 is 0 Å². The van der Waals surface area contributed by atoms with Crippen molar-refractivity contribution in [2.24, 2.45) is 53.3 Å². The molecule has 0 aromatic rings. The lowest BCUT2D eigenvalue weighted by molar-refractivity contribution is -0.432. The van der Waals surface area contributed by atoms with E-state index in [4.69, 9.17) is 18.9 Å². The highest BCUT2D eigenvalue weighted by molar-refractivity contribution is 5.97. The third-order valence-electron chi connectivity index (χ3n) is 15.4. The number of ketones is 4. The predicted octanol–water partition coefficient (Wildman–Crippen LogP) is -3.70. The molecule has 4 amide bonds. The quantitative estimate of drug-likeness (QED) is 0.0319. The van der Waals surface area contributed by atoms with Gasteiger partial charge in [-0.25, -0.2) is 0 Å². The Morgan fingerprint density at radius 2 is 1.19 bits per heavy atom. The van der Waals surface area contributed by atoms with Crippen molar-refractivity contribution >= 4 is 52.7 Å². The molecule has 78 heavy (non-hydrogen) atoms. The number of amides is 4. The zero-order valence-corrected chi connectivity index (χ0v) is 47.0. The van der Waals surface area contributed by atoms with Crippen molar-refractivity contribution in [2.45, 2.75) is 194 Å². The van der Waals surface area contributed by atoms with Crippen molar-refractivity contribution in [3.05, 3.63) is 0 Å². The maximum absolute atomic E-state index is 14.3. The van der Waals surface area contributed by atoms with Crippen LogP contribution >= 0.6 is 0 Å². The van der Waals surface area contributed by atoms with Gasteiger partial charge in [0.25, 0.3) is 0 Å². The Kier molecular flexibility index (Phi) is 27.0. The third-order valence-corrected chi connectivity index (χ3v) is 15.4. The highest BCUT2D eigenvalue weighted by Gasteiger charge is 2.51. The van der Waals surface area contributed by atoms with Crippen molar-refractivity contribution < 1.29 is 104 Å². The molecular formula is C53H89N5O20. The van der Waals surface area contributed by atoms with Crippen LogP contribution in [-0.2, 0) is 62.1 Å². The van der Waals surface area contributed by atoms with Crippen LogP contribution in [0.2, 0.25) is 0 Å². The number of carbonyl (C=O) groups excluding carboxylic acids is 9. The standard InChI is InChI=1S/C53H89N5O20/c1-23(2)31(50(73)57-42(26(7)8)37(64)17-32(24(3)4)49(72)56-20-40(65)66)16-30(61)19-55-48(71)27(9)15-35(62)34-13-12-14-58(34)51(74)33(25(5)6)18-36(63)41(54)29(11)75-52-28(10)47(44(68)39(22-60)76-52)78-53-46(70)45(69)43(67)38(21-59)77-53/h23-29,31-34,38-39,41-47,52-53,59-60,67-70H,12-22,54H2,1-11H3,(H,55,71)(H,56,72)(H,57,73)(H,65,66)/t27?,28?,29?,31?,32?,33?,34-,38?,39?,41-,42-,43-,44-,45-,46?,47+,52-,53-/m0/s1. The van der Waals surface area contributed by atoms with E-state index in [0.29, 0.717) is 12.8 Å². The number of ether oxygens (including phenoxy) is 4. The maximum Gasteiger partial charge on any atom is 0.227 e. The van der Waals surface area contributed by atoms with Gasteiger partial charge in [-0.3, -0.25) is 38.4 Å². The van der Waals surface area contributed by atoms with E-state index in [2.05, 4.69) is 21.7 Å². The number of nitrogens with zero attached hydrogens (tertiary/aromatic N) is 1. The van der Waals surface area contributed by atoms with E-state index in [1.54, 1.807) is 69.2 Å². The minimum absolute atomic E-state index is 0.231. The topological polar surface area (TPSA) is 402 Å². The molecule has 0 saturated carbocycles. The summed E-state index contributed by atoms with van der Waals surface area (Å²) in [5.41, 5.74) is 4.02. The van der Waals surface area contributed by atoms with Gasteiger partial charge in [0.1, 0.15) is 42.7 Å². The van der Waals surface area contributed by atoms with Gasteiger partial charge >= 0.3 is 0 Å². The molecule has 0 aromatic heterocycles. The number of carboxylic acids is 1. The number of carboxylic acid groups (broad SMARTS) is 1. The van der Waals surface area contributed by atoms with Crippen LogP contribution in [0.3, 0.4) is 0 Å². The highest BCUT2D eigenvalue weighted by atomic mass is 16.7. The number of nitrogens with one attached hydrogen (secondary N) is 3. The zero-order valence-electron chi connectivity index (χ0n) is 47.0. The first-order chi connectivity index (χ1) is 36.4. The van der Waals surface area contributed by atoms with Gasteiger partial charge in [-0.15, -0.1) is 0 Å². The molecule has 25 nitrogen and oxygen atoms in total. The van der Waals surface area contributed by atoms with E-state index < -0.39 is 188 Å². The average Bonchev–Trinajstić information content (AvgIpc) is 3.88. The molecule has 18 atom stereocenters. The predicted molar refractivity (Wildman–Crippen MR) is 272 cm³/mol. The zero-order chi connectivity index (χ0) is 59.2. The second-order valence-electron chi connectivity index (χ2n) is 22.8. The van der Waals surface area contributed by atoms with Crippen LogP contribution < -0.4 is 26.8 Å². The number of aliphatic hydroxyl groups is 6. The minimum atomic E-state index is -1.79. The molecule has 3 saturated heterocycles. The maximum atomic E-state index is 14.3. The Morgan fingerprint density at radius 3 is 1.74 bits per heavy atom. The monoisotopic (exact) mass is 1120 g/mol. The largest absolute Gasteiger partial charge is 0.548 e. The number of hydrogen-bond donors (Lipinski definition) is 10. The van der Waals surface area contributed by atoms with Crippen LogP contribution in [0.25, 0.3) is 0 Å². The van der Waals surface area contributed by atoms with E-state index in [1.807, 2.05) is 0 Å². The molecule has 3 heterocycles. The van der Waals surface area contributed by atoms with Gasteiger partial charge in [0, 0.05) is 61.8 Å². The molecule has 0 aliphatic carbocycles. The molecule has 0 radical (unpaired) electrons. The summed E-state index contributed by atoms with van der Waals surface area (Å²) in [5.74, 6) is -11.4. The number of aliphatic carboxylic acids is 1. The Balaban J connectivity index is 1.59. The molecule has 0 spiro atoms. The lowest BCUT2D eigenvalue weighted by atomic mass is 9.85. The number of rotatable bonds is 31. The number of likely N-dealkylation sites (tertiary alicyclic amines) is 1. The average molecular weight is 1120 g/mol. The second-order valence-corrected chi connectivity index (χ2v) is 22.8. The first-order valence-electron chi connectivity index (χ1n) is 27.2. The van der Waals surface area contributed by atoms with Crippen LogP contribution in [0.4, 0.5) is 0 Å². The van der Waals surface area contributed by atoms with Crippen LogP contribution in [0.15, 0.2) is 0 Å². The Labute approximate surface area is 456 Å². The fourth-order valence-corrected chi connectivity index (χ4v) is 10.0. The van der Waals surface area contributed by atoms with Crippen LogP contribution in [-0.4, -0.2) is 201 Å².